The van der Waals surface area contributed by atoms with E-state index in [4.69, 9.17) is 16.6 Å². The molecule has 3 heterocycles. The third kappa shape index (κ3) is 2.88. The van der Waals surface area contributed by atoms with Crippen LogP contribution in [-0.2, 0) is 6.42 Å². The standard InChI is InChI=1S/C16H22ClN3S/c1-4-6-12-9-13-14(17)18-16(19-15(13)21-12)20-10(2)7-5-8-11(20)3/h9-11H,4-8H2,1-3H3. The van der Waals surface area contributed by atoms with Crippen molar-refractivity contribution >= 4 is 39.1 Å². The summed E-state index contributed by atoms with van der Waals surface area (Å²) in [6.45, 7) is 6.71. The van der Waals surface area contributed by atoms with Crippen molar-refractivity contribution in [2.75, 3.05) is 4.90 Å². The number of nitrogens with zero attached hydrogens (tertiary/aromatic N) is 3. The largest absolute Gasteiger partial charge is 0.335 e. The molecule has 0 amide bonds. The highest BCUT2D eigenvalue weighted by atomic mass is 35.5. The average molecular weight is 324 g/mol. The molecule has 2 unspecified atom stereocenters. The summed E-state index contributed by atoms with van der Waals surface area (Å²) in [6.07, 6.45) is 5.92. The molecule has 2 atom stereocenters. The number of aryl methyl sites for hydroxylation is 1. The molecule has 114 valence electrons. The number of thiophene rings is 1. The molecule has 0 radical (unpaired) electrons. The molecule has 0 aromatic carbocycles. The molecule has 1 aliphatic rings. The minimum Gasteiger partial charge on any atom is -0.335 e. The summed E-state index contributed by atoms with van der Waals surface area (Å²) in [5, 5.41) is 1.60. The molecule has 1 aliphatic heterocycles. The first kappa shape index (κ1) is 15.0. The number of anilines is 1. The Bertz CT molecular complexity index is 630. The molecule has 0 bridgehead atoms. The Morgan fingerprint density at radius 3 is 2.67 bits per heavy atom. The molecule has 21 heavy (non-hydrogen) atoms. The molecule has 2 aromatic rings. The number of piperidine rings is 1. The van der Waals surface area contributed by atoms with Crippen LogP contribution in [0, 0.1) is 0 Å². The van der Waals surface area contributed by atoms with Gasteiger partial charge in [0.15, 0.2) is 0 Å². The van der Waals surface area contributed by atoms with Crippen molar-refractivity contribution in [2.45, 2.75) is 65.0 Å². The number of hydrogen-bond donors (Lipinski definition) is 0. The maximum atomic E-state index is 6.42. The van der Waals surface area contributed by atoms with Crippen LogP contribution in [0.2, 0.25) is 5.15 Å². The van der Waals surface area contributed by atoms with E-state index in [1.54, 1.807) is 11.3 Å². The van der Waals surface area contributed by atoms with Gasteiger partial charge >= 0.3 is 0 Å². The lowest BCUT2D eigenvalue weighted by atomic mass is 9.98. The lowest BCUT2D eigenvalue weighted by Gasteiger charge is -2.39. The van der Waals surface area contributed by atoms with Crippen LogP contribution in [0.4, 0.5) is 5.95 Å². The number of hydrogen-bond acceptors (Lipinski definition) is 4. The maximum Gasteiger partial charge on any atom is 0.228 e. The summed E-state index contributed by atoms with van der Waals surface area (Å²) >= 11 is 8.17. The SMILES string of the molecule is CCCc1cc2c(Cl)nc(N3C(C)CCCC3C)nc2s1. The molecule has 1 saturated heterocycles. The predicted octanol–water partition coefficient (Wildman–Crippen LogP) is 5.06. The fourth-order valence-corrected chi connectivity index (χ4v) is 4.63. The summed E-state index contributed by atoms with van der Waals surface area (Å²) in [5.74, 6) is 0.803. The summed E-state index contributed by atoms with van der Waals surface area (Å²) < 4.78 is 0. The Morgan fingerprint density at radius 1 is 1.29 bits per heavy atom. The molecular formula is C16H22ClN3S. The van der Waals surface area contributed by atoms with Gasteiger partial charge in [0.2, 0.25) is 5.95 Å². The molecule has 5 heteroatoms. The normalized spacial score (nSPS) is 23.0. The summed E-state index contributed by atoms with van der Waals surface area (Å²) in [5.41, 5.74) is 0. The number of aromatic nitrogens is 2. The van der Waals surface area contributed by atoms with E-state index in [1.807, 2.05) is 0 Å². The van der Waals surface area contributed by atoms with E-state index in [-0.39, 0.29) is 0 Å². The Balaban J connectivity index is 2.02. The lowest BCUT2D eigenvalue weighted by molar-refractivity contribution is 0.408. The van der Waals surface area contributed by atoms with Crippen LogP contribution in [0.5, 0.6) is 0 Å². The predicted molar refractivity (Wildman–Crippen MR) is 91.7 cm³/mol. The van der Waals surface area contributed by atoms with Gasteiger partial charge in [0, 0.05) is 22.3 Å². The van der Waals surface area contributed by atoms with Crippen molar-refractivity contribution in [2.24, 2.45) is 0 Å². The topological polar surface area (TPSA) is 29.0 Å². The molecule has 3 rings (SSSR count). The fraction of sp³-hybridized carbons (Fsp3) is 0.625. The van der Waals surface area contributed by atoms with Gasteiger partial charge in [0.1, 0.15) is 9.98 Å². The van der Waals surface area contributed by atoms with E-state index < -0.39 is 0 Å². The second kappa shape index (κ2) is 6.09. The van der Waals surface area contributed by atoms with Crippen LogP contribution >= 0.6 is 22.9 Å². The first-order valence-corrected chi connectivity index (χ1v) is 9.04. The van der Waals surface area contributed by atoms with Crippen molar-refractivity contribution < 1.29 is 0 Å². The van der Waals surface area contributed by atoms with Gasteiger partial charge in [-0.15, -0.1) is 11.3 Å². The quantitative estimate of drug-likeness (QED) is 0.739. The zero-order chi connectivity index (χ0) is 15.0. The molecule has 3 nitrogen and oxygen atoms in total. The Hall–Kier alpha value is -0.870. The third-order valence-corrected chi connectivity index (χ3v) is 5.68. The Labute approximate surface area is 135 Å². The molecule has 2 aromatic heterocycles. The van der Waals surface area contributed by atoms with Crippen LogP contribution in [0.3, 0.4) is 0 Å². The first-order chi connectivity index (χ1) is 10.1. The van der Waals surface area contributed by atoms with Crippen molar-refractivity contribution in [1.82, 2.24) is 9.97 Å². The summed E-state index contributed by atoms with van der Waals surface area (Å²) in [4.78, 5) is 14.1. The molecule has 0 aliphatic carbocycles. The molecular weight excluding hydrogens is 302 g/mol. The molecule has 1 fully saturated rings. The van der Waals surface area contributed by atoms with E-state index >= 15 is 0 Å². The van der Waals surface area contributed by atoms with Crippen molar-refractivity contribution in [3.8, 4) is 0 Å². The number of halogens is 1. The fourth-order valence-electron chi connectivity index (χ4n) is 3.23. The van der Waals surface area contributed by atoms with Crippen molar-refractivity contribution in [3.63, 3.8) is 0 Å². The summed E-state index contributed by atoms with van der Waals surface area (Å²) in [7, 11) is 0. The zero-order valence-electron chi connectivity index (χ0n) is 12.9. The van der Waals surface area contributed by atoms with Gasteiger partial charge in [-0.25, -0.2) is 9.97 Å². The van der Waals surface area contributed by atoms with E-state index in [1.165, 1.54) is 24.1 Å². The van der Waals surface area contributed by atoms with Gasteiger partial charge in [0.25, 0.3) is 0 Å². The zero-order valence-corrected chi connectivity index (χ0v) is 14.5. The monoisotopic (exact) mass is 323 g/mol. The second-order valence-corrected chi connectivity index (χ2v) is 7.51. The Morgan fingerprint density at radius 2 is 2.00 bits per heavy atom. The van der Waals surface area contributed by atoms with Crippen molar-refractivity contribution in [3.05, 3.63) is 16.1 Å². The van der Waals surface area contributed by atoms with Crippen LogP contribution in [0.1, 0.15) is 51.3 Å². The summed E-state index contributed by atoms with van der Waals surface area (Å²) in [6, 6.07) is 3.12. The number of rotatable bonds is 3. The average Bonchev–Trinajstić information content (AvgIpc) is 2.82. The highest BCUT2D eigenvalue weighted by Crippen LogP contribution is 2.34. The van der Waals surface area contributed by atoms with Gasteiger partial charge < -0.3 is 4.90 Å². The van der Waals surface area contributed by atoms with Crippen LogP contribution in [0.15, 0.2) is 6.07 Å². The number of fused-ring (bicyclic) bond motifs is 1. The van der Waals surface area contributed by atoms with Gasteiger partial charge in [-0.2, -0.15) is 0 Å². The van der Waals surface area contributed by atoms with Crippen LogP contribution < -0.4 is 4.90 Å². The molecule has 0 saturated carbocycles. The van der Waals surface area contributed by atoms with Crippen LogP contribution in [-0.4, -0.2) is 22.1 Å². The van der Waals surface area contributed by atoms with Crippen molar-refractivity contribution in [1.29, 1.82) is 0 Å². The minimum absolute atomic E-state index is 0.484. The van der Waals surface area contributed by atoms with Gasteiger partial charge in [0.05, 0.1) is 0 Å². The maximum absolute atomic E-state index is 6.42. The van der Waals surface area contributed by atoms with Crippen LogP contribution in [0.25, 0.3) is 10.2 Å². The van der Waals surface area contributed by atoms with Gasteiger partial charge in [-0.05, 0) is 45.6 Å². The minimum atomic E-state index is 0.484. The lowest BCUT2D eigenvalue weighted by Crippen LogP contribution is -2.44. The first-order valence-electron chi connectivity index (χ1n) is 7.84. The Kier molecular flexibility index (Phi) is 4.36. The smallest absolute Gasteiger partial charge is 0.228 e. The highest BCUT2D eigenvalue weighted by molar-refractivity contribution is 7.18. The van der Waals surface area contributed by atoms with E-state index in [2.05, 4.69) is 36.7 Å². The third-order valence-electron chi connectivity index (χ3n) is 4.31. The molecule has 0 spiro atoms. The van der Waals surface area contributed by atoms with E-state index in [0.717, 1.165) is 29.0 Å². The van der Waals surface area contributed by atoms with Gasteiger partial charge in [-0.3, -0.25) is 0 Å². The second-order valence-electron chi connectivity index (χ2n) is 6.03. The van der Waals surface area contributed by atoms with E-state index in [9.17, 15) is 0 Å². The highest BCUT2D eigenvalue weighted by Gasteiger charge is 2.27. The van der Waals surface area contributed by atoms with Gasteiger partial charge in [-0.1, -0.05) is 24.9 Å². The molecule has 0 N–H and O–H groups in total. The van der Waals surface area contributed by atoms with E-state index in [0.29, 0.717) is 17.2 Å².